The third-order valence-corrected chi connectivity index (χ3v) is 7.37. The van der Waals surface area contributed by atoms with Crippen molar-refractivity contribution < 1.29 is 23.1 Å². The first-order chi connectivity index (χ1) is 11.2. The molecular weight excluding hydrogens is 376 g/mol. The lowest BCUT2D eigenvalue weighted by molar-refractivity contribution is -0.306. The molecule has 0 spiro atoms. The summed E-state index contributed by atoms with van der Waals surface area (Å²) < 4.78 is 26.9. The van der Waals surface area contributed by atoms with Crippen molar-refractivity contribution in [3.05, 3.63) is 16.5 Å². The molecule has 1 aliphatic rings. The summed E-state index contributed by atoms with van der Waals surface area (Å²) in [4.78, 5) is 24.3. The molecule has 1 aliphatic heterocycles. The summed E-state index contributed by atoms with van der Waals surface area (Å²) in [6, 6.07) is 3.01. The van der Waals surface area contributed by atoms with Crippen molar-refractivity contribution in [2.24, 2.45) is 5.92 Å². The van der Waals surface area contributed by atoms with Gasteiger partial charge in [-0.1, -0.05) is 18.5 Å². The van der Waals surface area contributed by atoms with E-state index in [9.17, 15) is 23.1 Å². The maximum atomic E-state index is 12.5. The molecule has 0 radical (unpaired) electrons. The van der Waals surface area contributed by atoms with Gasteiger partial charge in [0, 0.05) is 38.6 Å². The van der Waals surface area contributed by atoms with Crippen LogP contribution in [0.2, 0.25) is 4.34 Å². The van der Waals surface area contributed by atoms with Crippen LogP contribution in [0.5, 0.6) is 0 Å². The Balaban J connectivity index is 1.91. The maximum Gasteiger partial charge on any atom is 0.252 e. The van der Waals surface area contributed by atoms with Crippen LogP contribution in [0.3, 0.4) is 0 Å². The number of thiophene rings is 1. The molecule has 1 aromatic rings. The normalized spacial score (nSPS) is 17.7. The SMILES string of the molecule is C[C@H](CC(=O)[O-])CC(=O)N1CCN(S(=O)(=O)c2ccc(Cl)s2)CC1. The Morgan fingerprint density at radius 2 is 1.88 bits per heavy atom. The number of sulfonamides is 1. The molecule has 1 atom stereocenters. The first-order valence-corrected chi connectivity index (χ1v) is 10.1. The van der Waals surface area contributed by atoms with Crippen molar-refractivity contribution in [3.63, 3.8) is 0 Å². The highest BCUT2D eigenvalue weighted by Gasteiger charge is 2.31. The molecule has 10 heteroatoms. The lowest BCUT2D eigenvalue weighted by atomic mass is 10.0. The fourth-order valence-electron chi connectivity index (χ4n) is 2.53. The van der Waals surface area contributed by atoms with Gasteiger partial charge >= 0.3 is 0 Å². The smallest absolute Gasteiger partial charge is 0.252 e. The van der Waals surface area contributed by atoms with Gasteiger partial charge in [-0.25, -0.2) is 8.42 Å². The van der Waals surface area contributed by atoms with Gasteiger partial charge in [0.05, 0.1) is 4.34 Å². The standard InChI is InChI=1S/C14H19ClN2O5S2/c1-10(9-13(19)20)8-12(18)16-4-6-17(7-5-16)24(21,22)14-3-2-11(15)23-14/h2-3,10H,4-9H2,1H3,(H,19,20)/p-1/t10-/m0/s1. The predicted molar refractivity (Wildman–Crippen MR) is 88.1 cm³/mol. The van der Waals surface area contributed by atoms with Crippen molar-refractivity contribution in [1.29, 1.82) is 0 Å². The summed E-state index contributed by atoms with van der Waals surface area (Å²) in [5.74, 6) is -1.65. The molecule has 0 unspecified atom stereocenters. The van der Waals surface area contributed by atoms with Crippen molar-refractivity contribution in [2.75, 3.05) is 26.2 Å². The molecule has 7 nitrogen and oxygen atoms in total. The van der Waals surface area contributed by atoms with Gasteiger partial charge in [0.15, 0.2) is 0 Å². The van der Waals surface area contributed by atoms with E-state index in [1.54, 1.807) is 11.8 Å². The zero-order valence-corrected chi connectivity index (χ0v) is 15.5. The van der Waals surface area contributed by atoms with Crippen LogP contribution >= 0.6 is 22.9 Å². The highest BCUT2D eigenvalue weighted by molar-refractivity contribution is 7.91. The van der Waals surface area contributed by atoms with Crippen molar-refractivity contribution >= 4 is 44.8 Å². The number of amides is 1. The highest BCUT2D eigenvalue weighted by atomic mass is 35.5. The summed E-state index contributed by atoms with van der Waals surface area (Å²) >= 11 is 6.79. The van der Waals surface area contributed by atoms with Crippen LogP contribution in [0.15, 0.2) is 16.3 Å². The lowest BCUT2D eigenvalue weighted by Crippen LogP contribution is -2.50. The quantitative estimate of drug-likeness (QED) is 0.696. The summed E-state index contributed by atoms with van der Waals surface area (Å²) in [5.41, 5.74) is 0. The number of nitrogens with zero attached hydrogens (tertiary/aromatic N) is 2. The minimum absolute atomic E-state index is 0.112. The van der Waals surface area contributed by atoms with Gasteiger partial charge in [-0.3, -0.25) is 4.79 Å². The van der Waals surface area contributed by atoms with Crippen LogP contribution in [-0.2, 0) is 19.6 Å². The molecule has 0 aliphatic carbocycles. The van der Waals surface area contributed by atoms with Gasteiger partial charge in [-0.05, 0) is 24.5 Å². The van der Waals surface area contributed by atoms with E-state index in [0.717, 1.165) is 11.3 Å². The molecule has 1 aromatic heterocycles. The minimum atomic E-state index is -3.59. The summed E-state index contributed by atoms with van der Waals surface area (Å²) in [6.45, 7) is 2.66. The van der Waals surface area contributed by atoms with E-state index in [2.05, 4.69) is 0 Å². The molecule has 2 rings (SSSR count). The van der Waals surface area contributed by atoms with E-state index >= 15 is 0 Å². The maximum absolute atomic E-state index is 12.5. The molecule has 1 fully saturated rings. The van der Waals surface area contributed by atoms with Crippen LogP contribution in [0.4, 0.5) is 0 Å². The van der Waals surface area contributed by atoms with Gasteiger partial charge in [-0.15, -0.1) is 11.3 Å². The predicted octanol–water partition coefficient (Wildman–Crippen LogP) is 0.401. The van der Waals surface area contributed by atoms with Gasteiger partial charge in [-0.2, -0.15) is 4.31 Å². The Morgan fingerprint density at radius 3 is 2.38 bits per heavy atom. The zero-order chi connectivity index (χ0) is 17.9. The molecule has 1 saturated heterocycles. The number of halogens is 1. The second-order valence-corrected chi connectivity index (χ2v) is 9.61. The van der Waals surface area contributed by atoms with E-state index in [-0.39, 0.29) is 55.1 Å². The summed E-state index contributed by atoms with van der Waals surface area (Å²) in [6.07, 6.45) is -0.0551. The third-order valence-electron chi connectivity index (χ3n) is 3.77. The van der Waals surface area contributed by atoms with Gasteiger partial charge in [0.2, 0.25) is 5.91 Å². The number of carbonyl (C=O) groups excluding carboxylic acids is 2. The zero-order valence-electron chi connectivity index (χ0n) is 13.1. The number of hydrogen-bond acceptors (Lipinski definition) is 6. The number of piperazine rings is 1. The molecule has 2 heterocycles. The Hall–Kier alpha value is -1.16. The molecule has 24 heavy (non-hydrogen) atoms. The Kier molecular flexibility index (Phi) is 6.24. The number of carbonyl (C=O) groups is 2. The fourth-order valence-corrected chi connectivity index (χ4v) is 5.58. The average molecular weight is 394 g/mol. The average Bonchev–Trinajstić information content (AvgIpc) is 2.93. The van der Waals surface area contributed by atoms with E-state index in [1.165, 1.54) is 16.4 Å². The summed E-state index contributed by atoms with van der Waals surface area (Å²) in [5, 5.41) is 10.5. The van der Waals surface area contributed by atoms with Gasteiger partial charge < -0.3 is 14.8 Å². The van der Waals surface area contributed by atoms with Crippen molar-refractivity contribution in [3.8, 4) is 0 Å². The largest absolute Gasteiger partial charge is 0.550 e. The molecule has 0 bridgehead atoms. The first-order valence-electron chi connectivity index (χ1n) is 7.43. The van der Waals surface area contributed by atoms with Crippen LogP contribution in [0, 0.1) is 5.92 Å². The minimum Gasteiger partial charge on any atom is -0.550 e. The third kappa shape index (κ3) is 4.69. The van der Waals surface area contributed by atoms with Gasteiger partial charge in [0.1, 0.15) is 4.21 Å². The Bertz CT molecular complexity index is 711. The second kappa shape index (κ2) is 7.81. The Labute approximate surface area is 149 Å². The summed E-state index contributed by atoms with van der Waals surface area (Å²) in [7, 11) is -3.59. The molecule has 0 saturated carbocycles. The Morgan fingerprint density at radius 1 is 1.25 bits per heavy atom. The van der Waals surface area contributed by atoms with E-state index in [0.29, 0.717) is 4.34 Å². The lowest BCUT2D eigenvalue weighted by Gasteiger charge is -2.34. The van der Waals surface area contributed by atoms with Crippen LogP contribution in [0.1, 0.15) is 19.8 Å². The topological polar surface area (TPSA) is 97.8 Å². The van der Waals surface area contributed by atoms with E-state index in [4.69, 9.17) is 11.6 Å². The van der Waals surface area contributed by atoms with Crippen LogP contribution in [0.25, 0.3) is 0 Å². The molecule has 0 N–H and O–H groups in total. The molecule has 0 aromatic carbocycles. The number of rotatable bonds is 6. The number of carboxylic acid groups (broad SMARTS) is 1. The second-order valence-electron chi connectivity index (χ2n) is 5.73. The molecule has 134 valence electrons. The highest BCUT2D eigenvalue weighted by Crippen LogP contribution is 2.28. The van der Waals surface area contributed by atoms with Crippen molar-refractivity contribution in [2.45, 2.75) is 24.0 Å². The number of aliphatic carboxylic acids is 1. The van der Waals surface area contributed by atoms with E-state index in [1.807, 2.05) is 0 Å². The molecule has 1 amide bonds. The van der Waals surface area contributed by atoms with Crippen LogP contribution in [-0.4, -0.2) is 55.7 Å². The van der Waals surface area contributed by atoms with E-state index < -0.39 is 16.0 Å². The molecular formula is C14H18ClN2O5S2-. The van der Waals surface area contributed by atoms with Crippen molar-refractivity contribution in [1.82, 2.24) is 9.21 Å². The first kappa shape index (κ1) is 19.2. The van der Waals surface area contributed by atoms with Crippen LogP contribution < -0.4 is 5.11 Å². The monoisotopic (exact) mass is 393 g/mol. The van der Waals surface area contributed by atoms with Gasteiger partial charge in [0.25, 0.3) is 10.0 Å². The number of hydrogen-bond donors (Lipinski definition) is 0. The number of carboxylic acids is 1. The fraction of sp³-hybridized carbons (Fsp3) is 0.571.